The first-order chi connectivity index (χ1) is 9.65. The van der Waals surface area contributed by atoms with E-state index in [1.54, 1.807) is 6.07 Å². The number of H-pyrrole nitrogens is 1. The monoisotopic (exact) mass is 340 g/mol. The highest BCUT2D eigenvalue weighted by molar-refractivity contribution is 9.10. The fraction of sp³-hybridized carbons (Fsp3) is 0.357. The molecule has 0 atom stereocenters. The van der Waals surface area contributed by atoms with Crippen molar-refractivity contribution in [1.29, 1.82) is 0 Å². The average molecular weight is 341 g/mol. The summed E-state index contributed by atoms with van der Waals surface area (Å²) >= 11 is 3.39. The third-order valence-corrected chi connectivity index (χ3v) is 3.55. The maximum atomic E-state index is 12.4. The Morgan fingerprint density at radius 2 is 2.00 bits per heavy atom. The molecule has 1 heterocycles. The van der Waals surface area contributed by atoms with Gasteiger partial charge in [0.2, 0.25) is 0 Å². The number of aliphatic hydroxyl groups excluding tert-OH is 2. The van der Waals surface area contributed by atoms with Gasteiger partial charge in [0.25, 0.3) is 5.91 Å². The molecule has 20 heavy (non-hydrogen) atoms. The molecule has 0 saturated heterocycles. The van der Waals surface area contributed by atoms with Crippen LogP contribution in [0, 0.1) is 0 Å². The number of rotatable bonds is 6. The summed E-state index contributed by atoms with van der Waals surface area (Å²) in [6.07, 6.45) is 0.498. The molecule has 0 radical (unpaired) electrons. The molecule has 1 amide bonds. The summed E-state index contributed by atoms with van der Waals surface area (Å²) in [6, 6.07) is 7.56. The molecule has 0 aliphatic carbocycles. The van der Waals surface area contributed by atoms with Gasteiger partial charge in [0.05, 0.1) is 6.61 Å². The maximum Gasteiger partial charge on any atom is 0.270 e. The number of carbonyl (C=O) groups is 1. The third kappa shape index (κ3) is 3.39. The zero-order chi connectivity index (χ0) is 14.5. The van der Waals surface area contributed by atoms with Gasteiger partial charge in [-0.1, -0.05) is 22.0 Å². The van der Waals surface area contributed by atoms with Crippen LogP contribution in [0.2, 0.25) is 0 Å². The van der Waals surface area contributed by atoms with E-state index >= 15 is 0 Å². The van der Waals surface area contributed by atoms with Crippen molar-refractivity contribution in [3.8, 4) is 0 Å². The quantitative estimate of drug-likeness (QED) is 0.749. The molecule has 0 spiro atoms. The van der Waals surface area contributed by atoms with Crippen molar-refractivity contribution >= 4 is 32.7 Å². The van der Waals surface area contributed by atoms with Gasteiger partial charge in [-0.25, -0.2) is 0 Å². The Hall–Kier alpha value is -1.37. The van der Waals surface area contributed by atoms with Gasteiger partial charge in [-0.2, -0.15) is 0 Å². The van der Waals surface area contributed by atoms with Crippen LogP contribution >= 0.6 is 15.9 Å². The average Bonchev–Trinajstić information content (AvgIpc) is 2.85. The standard InChI is InChI=1S/C14H17BrN2O3/c15-11-3-2-10-8-13(16-12(10)9-11)14(20)17(5-7-19)4-1-6-18/h2-3,8-9,16,18-19H,1,4-7H2. The molecule has 1 aromatic heterocycles. The maximum absolute atomic E-state index is 12.4. The second-order valence-electron chi connectivity index (χ2n) is 4.51. The van der Waals surface area contributed by atoms with Crippen LogP contribution in [0.5, 0.6) is 0 Å². The van der Waals surface area contributed by atoms with E-state index in [9.17, 15) is 4.79 Å². The van der Waals surface area contributed by atoms with E-state index in [-0.39, 0.29) is 25.7 Å². The molecule has 3 N–H and O–H groups in total. The summed E-state index contributed by atoms with van der Waals surface area (Å²) in [5, 5.41) is 18.9. The predicted molar refractivity (Wildman–Crippen MR) is 80.7 cm³/mol. The van der Waals surface area contributed by atoms with Crippen LogP contribution < -0.4 is 0 Å². The van der Waals surface area contributed by atoms with E-state index in [1.165, 1.54) is 4.90 Å². The summed E-state index contributed by atoms with van der Waals surface area (Å²) in [4.78, 5) is 17.0. The molecule has 1 aromatic carbocycles. The minimum Gasteiger partial charge on any atom is -0.396 e. The lowest BCUT2D eigenvalue weighted by atomic mass is 10.2. The zero-order valence-electron chi connectivity index (χ0n) is 11.0. The highest BCUT2D eigenvalue weighted by Gasteiger charge is 2.17. The predicted octanol–water partition coefficient (Wildman–Crippen LogP) is 1.75. The van der Waals surface area contributed by atoms with Crippen LogP contribution in [0.4, 0.5) is 0 Å². The second kappa shape index (κ2) is 6.88. The van der Waals surface area contributed by atoms with Gasteiger partial charge >= 0.3 is 0 Å². The fourth-order valence-electron chi connectivity index (χ4n) is 2.08. The molecule has 108 valence electrons. The Bertz CT molecular complexity index is 597. The minimum absolute atomic E-state index is 0.0227. The lowest BCUT2D eigenvalue weighted by Gasteiger charge is -2.20. The summed E-state index contributed by atoms with van der Waals surface area (Å²) in [6.45, 7) is 0.616. The number of hydrogen-bond acceptors (Lipinski definition) is 3. The number of aliphatic hydroxyl groups is 2. The summed E-state index contributed by atoms with van der Waals surface area (Å²) < 4.78 is 0.943. The molecule has 0 unspecified atom stereocenters. The molecule has 5 nitrogen and oxygen atoms in total. The Morgan fingerprint density at radius 3 is 2.70 bits per heavy atom. The highest BCUT2D eigenvalue weighted by atomic mass is 79.9. The number of carbonyl (C=O) groups excluding carboxylic acids is 1. The number of amides is 1. The van der Waals surface area contributed by atoms with Gasteiger partial charge in [0.1, 0.15) is 5.69 Å². The fourth-order valence-corrected chi connectivity index (χ4v) is 2.44. The minimum atomic E-state index is -0.167. The molecule has 0 aliphatic rings. The molecule has 0 saturated carbocycles. The number of benzene rings is 1. The van der Waals surface area contributed by atoms with Crippen LogP contribution in [0.1, 0.15) is 16.9 Å². The van der Waals surface area contributed by atoms with Gasteiger partial charge < -0.3 is 20.1 Å². The first-order valence-electron chi connectivity index (χ1n) is 6.45. The largest absolute Gasteiger partial charge is 0.396 e. The summed E-state index contributed by atoms with van der Waals surface area (Å²) in [5.74, 6) is -0.167. The Kier molecular flexibility index (Phi) is 5.17. The molecule has 0 bridgehead atoms. The van der Waals surface area contributed by atoms with Gasteiger partial charge in [0.15, 0.2) is 0 Å². The topological polar surface area (TPSA) is 76.6 Å². The zero-order valence-corrected chi connectivity index (χ0v) is 12.6. The van der Waals surface area contributed by atoms with E-state index in [4.69, 9.17) is 10.2 Å². The van der Waals surface area contributed by atoms with Crippen molar-refractivity contribution in [2.45, 2.75) is 6.42 Å². The number of nitrogens with zero attached hydrogens (tertiary/aromatic N) is 1. The van der Waals surface area contributed by atoms with Gasteiger partial charge in [-0.15, -0.1) is 0 Å². The van der Waals surface area contributed by atoms with Crippen molar-refractivity contribution in [2.75, 3.05) is 26.3 Å². The van der Waals surface area contributed by atoms with Crippen LogP contribution in [0.15, 0.2) is 28.7 Å². The van der Waals surface area contributed by atoms with Crippen molar-refractivity contribution in [2.24, 2.45) is 0 Å². The van der Waals surface area contributed by atoms with E-state index in [0.29, 0.717) is 18.7 Å². The first-order valence-corrected chi connectivity index (χ1v) is 7.24. The first kappa shape index (κ1) is 15.0. The lowest BCUT2D eigenvalue weighted by Crippen LogP contribution is -2.35. The third-order valence-electron chi connectivity index (χ3n) is 3.06. The van der Waals surface area contributed by atoms with Gasteiger partial charge in [-0.05, 0) is 24.6 Å². The van der Waals surface area contributed by atoms with E-state index in [0.717, 1.165) is 15.4 Å². The number of aromatic nitrogens is 1. The lowest BCUT2D eigenvalue weighted by molar-refractivity contribution is 0.0705. The number of hydrogen-bond donors (Lipinski definition) is 3. The van der Waals surface area contributed by atoms with Crippen LogP contribution in [-0.2, 0) is 0 Å². The molecule has 0 fully saturated rings. The number of nitrogens with one attached hydrogen (secondary N) is 1. The van der Waals surface area contributed by atoms with Crippen LogP contribution in [0.25, 0.3) is 10.9 Å². The van der Waals surface area contributed by atoms with Crippen molar-refractivity contribution in [3.05, 3.63) is 34.4 Å². The molecule has 2 aromatic rings. The highest BCUT2D eigenvalue weighted by Crippen LogP contribution is 2.21. The summed E-state index contributed by atoms with van der Waals surface area (Å²) in [7, 11) is 0. The second-order valence-corrected chi connectivity index (χ2v) is 5.42. The number of halogens is 1. The van der Waals surface area contributed by atoms with Gasteiger partial charge in [0, 0.05) is 35.1 Å². The molecule has 2 rings (SSSR count). The molecular weight excluding hydrogens is 324 g/mol. The summed E-state index contributed by atoms with van der Waals surface area (Å²) in [5.41, 5.74) is 1.37. The van der Waals surface area contributed by atoms with Gasteiger partial charge in [-0.3, -0.25) is 4.79 Å². The SMILES string of the molecule is O=C(c1cc2ccc(Br)cc2[nH]1)N(CCO)CCCO. The number of fused-ring (bicyclic) bond motifs is 1. The smallest absolute Gasteiger partial charge is 0.270 e. The normalized spacial score (nSPS) is 10.9. The Morgan fingerprint density at radius 1 is 1.20 bits per heavy atom. The van der Waals surface area contributed by atoms with Crippen molar-refractivity contribution < 1.29 is 15.0 Å². The van der Waals surface area contributed by atoms with E-state index in [2.05, 4.69) is 20.9 Å². The van der Waals surface area contributed by atoms with Crippen LogP contribution in [-0.4, -0.2) is 52.3 Å². The Balaban J connectivity index is 2.23. The van der Waals surface area contributed by atoms with Crippen molar-refractivity contribution in [1.82, 2.24) is 9.88 Å². The van der Waals surface area contributed by atoms with Crippen LogP contribution in [0.3, 0.4) is 0 Å². The van der Waals surface area contributed by atoms with E-state index < -0.39 is 0 Å². The Labute approximate surface area is 125 Å². The van der Waals surface area contributed by atoms with E-state index in [1.807, 2.05) is 18.2 Å². The molecule has 0 aliphatic heterocycles. The molecular formula is C14H17BrN2O3. The van der Waals surface area contributed by atoms with Crippen molar-refractivity contribution in [3.63, 3.8) is 0 Å². The molecule has 6 heteroatoms. The number of aromatic amines is 1.